The van der Waals surface area contributed by atoms with E-state index in [0.29, 0.717) is 5.56 Å². The number of amides is 1. The van der Waals surface area contributed by atoms with Crippen LogP contribution >= 0.6 is 0 Å². The Kier molecular flexibility index (Phi) is 4.52. The van der Waals surface area contributed by atoms with Crippen LogP contribution in [0.1, 0.15) is 24.2 Å². The molecule has 21 heavy (non-hydrogen) atoms. The van der Waals surface area contributed by atoms with Crippen LogP contribution in [0.25, 0.3) is 10.9 Å². The number of ether oxygens (including phenoxy) is 1. The molecule has 0 saturated carbocycles. The number of carbonyl (C=O) groups excluding carboxylic acids is 2. The number of carbonyl (C=O) groups is 2. The second-order valence-electron chi connectivity index (χ2n) is 5.09. The molecule has 1 aromatic heterocycles. The highest BCUT2D eigenvalue weighted by Gasteiger charge is 2.25. The van der Waals surface area contributed by atoms with Gasteiger partial charge < -0.3 is 10.1 Å². The van der Waals surface area contributed by atoms with Crippen molar-refractivity contribution in [3.63, 3.8) is 0 Å². The Bertz CT molecular complexity index is 662. The fourth-order valence-electron chi connectivity index (χ4n) is 2.14. The van der Waals surface area contributed by atoms with Crippen molar-refractivity contribution >= 4 is 22.8 Å². The predicted molar refractivity (Wildman–Crippen MR) is 79.9 cm³/mol. The molecular weight excluding hydrogens is 268 g/mol. The fraction of sp³-hybridized carbons (Fsp3) is 0.312. The van der Waals surface area contributed by atoms with E-state index >= 15 is 0 Å². The molecule has 110 valence electrons. The molecule has 1 heterocycles. The second-order valence-corrected chi connectivity index (χ2v) is 5.09. The third kappa shape index (κ3) is 3.18. The summed E-state index contributed by atoms with van der Waals surface area (Å²) < 4.78 is 4.73. The lowest BCUT2D eigenvalue weighted by Crippen LogP contribution is -2.45. The number of benzene rings is 1. The van der Waals surface area contributed by atoms with Crippen molar-refractivity contribution in [2.75, 3.05) is 7.11 Å². The zero-order chi connectivity index (χ0) is 15.4. The van der Waals surface area contributed by atoms with E-state index in [0.717, 1.165) is 10.9 Å². The lowest BCUT2D eigenvalue weighted by molar-refractivity contribution is -0.144. The van der Waals surface area contributed by atoms with Crippen LogP contribution in [0.3, 0.4) is 0 Å². The van der Waals surface area contributed by atoms with Gasteiger partial charge in [0.05, 0.1) is 18.2 Å². The van der Waals surface area contributed by atoms with E-state index in [1.807, 2.05) is 38.1 Å². The Labute approximate surface area is 123 Å². The van der Waals surface area contributed by atoms with Gasteiger partial charge in [-0.2, -0.15) is 0 Å². The van der Waals surface area contributed by atoms with E-state index in [1.165, 1.54) is 7.11 Å². The molecule has 0 aliphatic rings. The Hall–Kier alpha value is -2.43. The fourth-order valence-corrected chi connectivity index (χ4v) is 2.14. The quantitative estimate of drug-likeness (QED) is 0.875. The maximum atomic E-state index is 12.4. The van der Waals surface area contributed by atoms with Gasteiger partial charge in [-0.15, -0.1) is 0 Å². The van der Waals surface area contributed by atoms with Gasteiger partial charge in [-0.1, -0.05) is 32.0 Å². The molecule has 0 aliphatic heterocycles. The Balaban J connectivity index is 2.32. The van der Waals surface area contributed by atoms with Crippen LogP contribution in [0.15, 0.2) is 36.5 Å². The predicted octanol–water partition coefficient (Wildman–Crippen LogP) is 2.16. The number of esters is 1. The summed E-state index contributed by atoms with van der Waals surface area (Å²) in [5, 5.41) is 3.49. The van der Waals surface area contributed by atoms with Crippen molar-refractivity contribution in [1.29, 1.82) is 0 Å². The molecule has 0 saturated heterocycles. The summed E-state index contributed by atoms with van der Waals surface area (Å²) in [5.74, 6) is -0.816. The van der Waals surface area contributed by atoms with Gasteiger partial charge in [-0.3, -0.25) is 9.78 Å². The lowest BCUT2D eigenvalue weighted by Gasteiger charge is -2.20. The first kappa shape index (κ1) is 15.0. The summed E-state index contributed by atoms with van der Waals surface area (Å²) >= 11 is 0. The van der Waals surface area contributed by atoms with Gasteiger partial charge in [0.25, 0.3) is 5.91 Å². The smallest absolute Gasteiger partial charge is 0.328 e. The van der Waals surface area contributed by atoms with E-state index < -0.39 is 12.0 Å². The van der Waals surface area contributed by atoms with Crippen LogP contribution in [-0.2, 0) is 9.53 Å². The molecule has 0 radical (unpaired) electrons. The zero-order valence-corrected chi connectivity index (χ0v) is 12.3. The number of hydrogen-bond acceptors (Lipinski definition) is 4. The van der Waals surface area contributed by atoms with Crippen molar-refractivity contribution in [2.24, 2.45) is 5.92 Å². The number of pyridine rings is 1. The third-order valence-electron chi connectivity index (χ3n) is 3.30. The zero-order valence-electron chi connectivity index (χ0n) is 12.3. The van der Waals surface area contributed by atoms with Gasteiger partial charge in [0.2, 0.25) is 0 Å². The van der Waals surface area contributed by atoms with E-state index in [-0.39, 0.29) is 11.8 Å². The number of hydrogen-bond donors (Lipinski definition) is 1. The molecule has 5 nitrogen and oxygen atoms in total. The minimum absolute atomic E-state index is 0.0606. The summed E-state index contributed by atoms with van der Waals surface area (Å²) in [6.07, 6.45) is 1.58. The highest BCUT2D eigenvalue weighted by Crippen LogP contribution is 2.16. The standard InChI is InChI=1S/C16H18N2O3/c1-10(2)14(16(20)21-3)18-15(19)12-8-9-17-13-7-5-4-6-11(12)13/h4-10,14H,1-3H3,(H,18,19)/t14-/m0/s1. The molecule has 0 aliphatic carbocycles. The number of methoxy groups -OCH3 is 1. The molecule has 1 aromatic carbocycles. The summed E-state index contributed by atoms with van der Waals surface area (Å²) in [6, 6.07) is 8.36. The minimum atomic E-state index is -0.672. The number of aromatic nitrogens is 1. The second kappa shape index (κ2) is 6.35. The van der Waals surface area contributed by atoms with Gasteiger partial charge in [-0.25, -0.2) is 4.79 Å². The van der Waals surface area contributed by atoms with Crippen LogP contribution in [0.5, 0.6) is 0 Å². The summed E-state index contributed by atoms with van der Waals surface area (Å²) in [5.41, 5.74) is 1.24. The van der Waals surface area contributed by atoms with Crippen molar-refractivity contribution in [3.05, 3.63) is 42.1 Å². The summed E-state index contributed by atoms with van der Waals surface area (Å²) in [4.78, 5) is 28.4. The molecular formula is C16H18N2O3. The maximum absolute atomic E-state index is 12.4. The molecule has 2 aromatic rings. The molecule has 0 bridgehead atoms. The monoisotopic (exact) mass is 286 g/mol. The molecule has 1 amide bonds. The average molecular weight is 286 g/mol. The first-order valence-electron chi connectivity index (χ1n) is 6.77. The van der Waals surface area contributed by atoms with Gasteiger partial charge in [0.1, 0.15) is 6.04 Å². The van der Waals surface area contributed by atoms with Crippen LogP contribution in [0, 0.1) is 5.92 Å². The van der Waals surface area contributed by atoms with E-state index in [2.05, 4.69) is 10.3 Å². The first-order valence-corrected chi connectivity index (χ1v) is 6.77. The highest BCUT2D eigenvalue weighted by molar-refractivity contribution is 6.07. The van der Waals surface area contributed by atoms with Gasteiger partial charge in [0, 0.05) is 11.6 Å². The van der Waals surface area contributed by atoms with Crippen molar-refractivity contribution < 1.29 is 14.3 Å². The van der Waals surface area contributed by atoms with Crippen LogP contribution in [-0.4, -0.2) is 30.0 Å². The van der Waals surface area contributed by atoms with E-state index in [4.69, 9.17) is 4.74 Å². The first-order chi connectivity index (χ1) is 10.0. The van der Waals surface area contributed by atoms with Crippen molar-refractivity contribution in [1.82, 2.24) is 10.3 Å². The topological polar surface area (TPSA) is 68.3 Å². The Morgan fingerprint density at radius 2 is 1.90 bits per heavy atom. The van der Waals surface area contributed by atoms with Gasteiger partial charge in [0.15, 0.2) is 0 Å². The number of para-hydroxylation sites is 1. The van der Waals surface area contributed by atoms with Gasteiger partial charge >= 0.3 is 5.97 Å². The highest BCUT2D eigenvalue weighted by atomic mass is 16.5. The molecule has 0 fully saturated rings. The van der Waals surface area contributed by atoms with Crippen LogP contribution < -0.4 is 5.32 Å². The number of nitrogens with one attached hydrogen (secondary N) is 1. The minimum Gasteiger partial charge on any atom is -0.467 e. The van der Waals surface area contributed by atoms with E-state index in [1.54, 1.807) is 12.3 Å². The molecule has 0 unspecified atom stereocenters. The summed E-state index contributed by atoms with van der Waals surface area (Å²) in [6.45, 7) is 3.71. The van der Waals surface area contributed by atoms with Crippen LogP contribution in [0.2, 0.25) is 0 Å². The number of rotatable bonds is 4. The Morgan fingerprint density at radius 1 is 1.19 bits per heavy atom. The molecule has 2 rings (SSSR count). The van der Waals surface area contributed by atoms with Crippen molar-refractivity contribution in [2.45, 2.75) is 19.9 Å². The molecule has 1 N–H and O–H groups in total. The number of fused-ring (bicyclic) bond motifs is 1. The normalized spacial score (nSPS) is 12.2. The summed E-state index contributed by atoms with van der Waals surface area (Å²) in [7, 11) is 1.31. The van der Waals surface area contributed by atoms with Crippen molar-refractivity contribution in [3.8, 4) is 0 Å². The average Bonchev–Trinajstić information content (AvgIpc) is 2.50. The maximum Gasteiger partial charge on any atom is 0.328 e. The largest absolute Gasteiger partial charge is 0.467 e. The van der Waals surface area contributed by atoms with E-state index in [9.17, 15) is 9.59 Å². The SMILES string of the molecule is COC(=O)[C@@H](NC(=O)c1ccnc2ccccc12)C(C)C. The molecule has 1 atom stereocenters. The molecule has 5 heteroatoms. The number of nitrogens with zero attached hydrogens (tertiary/aromatic N) is 1. The lowest BCUT2D eigenvalue weighted by atomic mass is 10.0. The van der Waals surface area contributed by atoms with Gasteiger partial charge in [-0.05, 0) is 18.1 Å². The Morgan fingerprint density at radius 3 is 2.57 bits per heavy atom. The molecule has 0 spiro atoms. The third-order valence-corrected chi connectivity index (χ3v) is 3.30. The van der Waals surface area contributed by atoms with Crippen LogP contribution in [0.4, 0.5) is 0 Å².